The number of halogens is 1. The summed E-state index contributed by atoms with van der Waals surface area (Å²) in [6, 6.07) is 10.8. The number of thiazole rings is 1. The summed E-state index contributed by atoms with van der Waals surface area (Å²) >= 11 is 8.83. The van der Waals surface area contributed by atoms with Crippen LogP contribution in [0.15, 0.2) is 41.8 Å². The van der Waals surface area contributed by atoms with Crippen molar-refractivity contribution in [2.45, 2.75) is 6.42 Å². The summed E-state index contributed by atoms with van der Waals surface area (Å²) in [7, 11) is 3.79. The third-order valence-electron chi connectivity index (χ3n) is 3.62. The molecule has 1 aromatic carbocycles. The number of amides is 2. The van der Waals surface area contributed by atoms with E-state index in [9.17, 15) is 9.59 Å². The number of hydrogen-bond donors (Lipinski definition) is 2. The van der Waals surface area contributed by atoms with Crippen molar-refractivity contribution in [3.63, 3.8) is 0 Å². The molecule has 0 aliphatic carbocycles. The van der Waals surface area contributed by atoms with Gasteiger partial charge in [-0.1, -0.05) is 17.7 Å². The molecule has 0 radical (unpaired) electrons. The molecule has 0 bridgehead atoms. The van der Waals surface area contributed by atoms with Gasteiger partial charge in [0, 0.05) is 30.7 Å². The van der Waals surface area contributed by atoms with E-state index in [1.54, 1.807) is 18.2 Å². The van der Waals surface area contributed by atoms with Crippen LogP contribution in [0, 0.1) is 0 Å². The molecule has 27 heavy (non-hydrogen) atoms. The van der Waals surface area contributed by atoms with Crippen LogP contribution in [0.4, 0.5) is 5.69 Å². The van der Waals surface area contributed by atoms with E-state index < -0.39 is 0 Å². The highest BCUT2D eigenvalue weighted by Gasteiger charge is 2.12. The van der Waals surface area contributed by atoms with E-state index in [1.165, 1.54) is 22.7 Å². The number of rotatable bonds is 5. The van der Waals surface area contributed by atoms with E-state index in [0.29, 0.717) is 15.6 Å². The van der Waals surface area contributed by atoms with Gasteiger partial charge in [-0.3, -0.25) is 20.4 Å². The molecule has 0 unspecified atom stereocenters. The van der Waals surface area contributed by atoms with Gasteiger partial charge < -0.3 is 4.90 Å². The van der Waals surface area contributed by atoms with Crippen molar-refractivity contribution in [2.75, 3.05) is 19.0 Å². The van der Waals surface area contributed by atoms with Crippen LogP contribution in [0.25, 0.3) is 9.88 Å². The molecule has 140 valence electrons. The molecule has 3 rings (SSSR count). The van der Waals surface area contributed by atoms with Gasteiger partial charge in [0.2, 0.25) is 5.91 Å². The molecule has 2 N–H and O–H groups in total. The quantitative estimate of drug-likeness (QED) is 0.618. The number of anilines is 1. The zero-order valence-corrected chi connectivity index (χ0v) is 17.0. The normalized spacial score (nSPS) is 10.5. The van der Waals surface area contributed by atoms with Gasteiger partial charge in [-0.25, -0.2) is 4.98 Å². The summed E-state index contributed by atoms with van der Waals surface area (Å²) in [6.07, 6.45) is 0.0770. The Labute approximate surface area is 169 Å². The van der Waals surface area contributed by atoms with Gasteiger partial charge in [-0.15, -0.1) is 22.7 Å². The van der Waals surface area contributed by atoms with Crippen LogP contribution in [0.3, 0.4) is 0 Å². The molecule has 0 spiro atoms. The lowest BCUT2D eigenvalue weighted by Gasteiger charge is -2.13. The smallest absolute Gasteiger partial charge is 0.269 e. The average Bonchev–Trinajstić information content (AvgIpc) is 3.28. The first-order chi connectivity index (χ1) is 12.9. The van der Waals surface area contributed by atoms with E-state index in [2.05, 4.69) is 15.8 Å². The molecule has 3 aromatic rings. The van der Waals surface area contributed by atoms with Crippen LogP contribution in [-0.2, 0) is 11.2 Å². The maximum Gasteiger partial charge on any atom is 0.269 e. The molecule has 0 aliphatic rings. The maximum atomic E-state index is 12.2. The minimum atomic E-state index is -0.376. The van der Waals surface area contributed by atoms with Crippen LogP contribution < -0.4 is 15.8 Å². The minimum Gasteiger partial charge on any atom is -0.378 e. The van der Waals surface area contributed by atoms with Gasteiger partial charge in [0.05, 0.1) is 21.3 Å². The molecule has 0 saturated carbocycles. The molecular formula is C18H17ClN4O2S2. The van der Waals surface area contributed by atoms with Crippen LogP contribution in [0.1, 0.15) is 16.1 Å². The summed E-state index contributed by atoms with van der Waals surface area (Å²) in [5, 5.41) is 2.64. The monoisotopic (exact) mass is 420 g/mol. The molecule has 0 fully saturated rings. The highest BCUT2D eigenvalue weighted by Crippen LogP contribution is 2.32. The van der Waals surface area contributed by atoms with Gasteiger partial charge >= 0.3 is 0 Å². The fraction of sp³-hybridized carbons (Fsp3) is 0.167. The number of carbonyl (C=O) groups excluding carboxylic acids is 2. The Balaban J connectivity index is 1.55. The van der Waals surface area contributed by atoms with Gasteiger partial charge in [0.15, 0.2) is 0 Å². The van der Waals surface area contributed by atoms with Gasteiger partial charge in [0.25, 0.3) is 5.91 Å². The van der Waals surface area contributed by atoms with E-state index >= 15 is 0 Å². The SMILES string of the molecule is CN(C)c1cccc(C(=O)NNC(=O)Cc2csc(-c3ccc(Cl)s3)n2)c1. The molecule has 0 atom stereocenters. The molecule has 2 aromatic heterocycles. The summed E-state index contributed by atoms with van der Waals surface area (Å²) < 4.78 is 0.695. The lowest BCUT2D eigenvalue weighted by molar-refractivity contribution is -0.121. The number of benzene rings is 1. The van der Waals surface area contributed by atoms with Gasteiger partial charge in [-0.2, -0.15) is 0 Å². The number of hydrogen-bond acceptors (Lipinski definition) is 6. The number of hydrazine groups is 1. The fourth-order valence-corrected chi connectivity index (χ4v) is 4.20. The Hall–Kier alpha value is -2.42. The highest BCUT2D eigenvalue weighted by atomic mass is 35.5. The molecule has 9 heteroatoms. The Morgan fingerprint density at radius 1 is 1.19 bits per heavy atom. The Bertz CT molecular complexity index is 968. The van der Waals surface area contributed by atoms with Crippen molar-refractivity contribution in [2.24, 2.45) is 0 Å². The fourth-order valence-electron chi connectivity index (χ4n) is 2.26. The third-order valence-corrected chi connectivity index (χ3v) is 5.91. The first-order valence-electron chi connectivity index (χ1n) is 7.99. The topological polar surface area (TPSA) is 74.3 Å². The Morgan fingerprint density at radius 3 is 2.70 bits per heavy atom. The third kappa shape index (κ3) is 5.06. The molecular weight excluding hydrogens is 404 g/mol. The van der Waals surface area contributed by atoms with E-state index in [0.717, 1.165) is 15.6 Å². The number of thiophene rings is 1. The van der Waals surface area contributed by atoms with E-state index in [1.807, 2.05) is 42.6 Å². The average molecular weight is 421 g/mol. The lowest BCUT2D eigenvalue weighted by atomic mass is 10.2. The Morgan fingerprint density at radius 2 is 2.00 bits per heavy atom. The van der Waals surface area contributed by atoms with Gasteiger partial charge in [-0.05, 0) is 30.3 Å². The van der Waals surface area contributed by atoms with Crippen LogP contribution in [-0.4, -0.2) is 30.9 Å². The number of aromatic nitrogens is 1. The standard InChI is InChI=1S/C18H17ClN4O2S2/c1-23(2)13-5-3-4-11(8-13)17(25)22-21-16(24)9-12-10-26-18(20-12)14-6-7-15(19)27-14/h3-8,10H,9H2,1-2H3,(H,21,24)(H,22,25). The maximum absolute atomic E-state index is 12.2. The Kier molecular flexibility index (Phi) is 6.10. The summed E-state index contributed by atoms with van der Waals surface area (Å²) in [5.41, 5.74) is 6.86. The summed E-state index contributed by atoms with van der Waals surface area (Å²) in [6.45, 7) is 0. The van der Waals surface area contributed by atoms with Crippen molar-refractivity contribution >= 4 is 51.8 Å². The van der Waals surface area contributed by atoms with E-state index in [-0.39, 0.29) is 18.2 Å². The first-order valence-corrected chi connectivity index (χ1v) is 10.1. The zero-order valence-electron chi connectivity index (χ0n) is 14.7. The molecule has 2 amide bonds. The number of nitrogens with one attached hydrogen (secondary N) is 2. The zero-order chi connectivity index (χ0) is 19.4. The van der Waals surface area contributed by atoms with Crippen molar-refractivity contribution in [1.82, 2.24) is 15.8 Å². The van der Waals surface area contributed by atoms with Crippen molar-refractivity contribution in [3.8, 4) is 9.88 Å². The van der Waals surface area contributed by atoms with Gasteiger partial charge in [0.1, 0.15) is 5.01 Å². The van der Waals surface area contributed by atoms with Crippen molar-refractivity contribution < 1.29 is 9.59 Å². The molecule has 2 heterocycles. The van der Waals surface area contributed by atoms with Crippen molar-refractivity contribution in [3.05, 3.63) is 57.4 Å². The van der Waals surface area contributed by atoms with E-state index in [4.69, 9.17) is 11.6 Å². The molecule has 0 aliphatic heterocycles. The van der Waals surface area contributed by atoms with Crippen LogP contribution >= 0.6 is 34.3 Å². The largest absolute Gasteiger partial charge is 0.378 e. The lowest BCUT2D eigenvalue weighted by Crippen LogP contribution is -2.42. The van der Waals surface area contributed by atoms with Crippen LogP contribution in [0.5, 0.6) is 0 Å². The first kappa shape index (κ1) is 19.3. The minimum absolute atomic E-state index is 0.0770. The highest BCUT2D eigenvalue weighted by molar-refractivity contribution is 7.23. The molecule has 0 saturated heterocycles. The second-order valence-electron chi connectivity index (χ2n) is 5.87. The summed E-state index contributed by atoms with van der Waals surface area (Å²) in [5.74, 6) is -0.715. The second kappa shape index (κ2) is 8.51. The predicted octanol–water partition coefficient (Wildman–Crippen LogP) is 3.59. The van der Waals surface area contributed by atoms with Crippen LogP contribution in [0.2, 0.25) is 4.34 Å². The second-order valence-corrected chi connectivity index (χ2v) is 8.44. The number of carbonyl (C=O) groups is 2. The molecule has 6 nitrogen and oxygen atoms in total. The number of nitrogens with zero attached hydrogens (tertiary/aromatic N) is 2. The van der Waals surface area contributed by atoms with Crippen molar-refractivity contribution in [1.29, 1.82) is 0 Å². The predicted molar refractivity (Wildman–Crippen MR) is 111 cm³/mol. The summed E-state index contributed by atoms with van der Waals surface area (Å²) in [4.78, 5) is 31.6.